The van der Waals surface area contributed by atoms with Crippen LogP contribution in [0.3, 0.4) is 0 Å². The van der Waals surface area contributed by atoms with Gasteiger partial charge in [-0.15, -0.1) is 0 Å². The Kier molecular flexibility index (Phi) is 5.14. The highest BCUT2D eigenvalue weighted by atomic mass is 32.2. The van der Waals surface area contributed by atoms with Crippen LogP contribution in [0, 0.1) is 5.92 Å². The SMILES string of the molecule is CSC(C)C(=O)NC(C)(C(=O)O)C(C)C. The second-order valence-electron chi connectivity index (χ2n) is 4.03. The summed E-state index contributed by atoms with van der Waals surface area (Å²) in [6, 6.07) is 0. The maximum Gasteiger partial charge on any atom is 0.329 e. The number of carbonyl (C=O) groups excluding carboxylic acids is 1. The van der Waals surface area contributed by atoms with E-state index < -0.39 is 11.5 Å². The van der Waals surface area contributed by atoms with E-state index in [0.717, 1.165) is 0 Å². The maximum atomic E-state index is 11.6. The molecule has 0 saturated heterocycles. The molecule has 0 saturated carbocycles. The molecule has 0 bridgehead atoms. The molecule has 0 radical (unpaired) electrons. The summed E-state index contributed by atoms with van der Waals surface area (Å²) in [7, 11) is 0. The van der Waals surface area contributed by atoms with E-state index in [1.165, 1.54) is 18.7 Å². The first kappa shape index (κ1) is 14.3. The van der Waals surface area contributed by atoms with Crippen LogP contribution < -0.4 is 5.32 Å². The molecule has 0 aliphatic rings. The van der Waals surface area contributed by atoms with Crippen molar-refractivity contribution in [3.8, 4) is 0 Å². The van der Waals surface area contributed by atoms with Gasteiger partial charge in [-0.3, -0.25) is 4.79 Å². The summed E-state index contributed by atoms with van der Waals surface area (Å²) in [5, 5.41) is 11.4. The van der Waals surface area contributed by atoms with Gasteiger partial charge < -0.3 is 10.4 Å². The van der Waals surface area contributed by atoms with Gasteiger partial charge in [0.2, 0.25) is 5.91 Å². The molecule has 15 heavy (non-hydrogen) atoms. The molecule has 4 nitrogen and oxygen atoms in total. The fourth-order valence-electron chi connectivity index (χ4n) is 0.909. The lowest BCUT2D eigenvalue weighted by atomic mass is 9.88. The Labute approximate surface area is 94.8 Å². The van der Waals surface area contributed by atoms with Crippen molar-refractivity contribution in [1.29, 1.82) is 0 Å². The number of carboxylic acid groups (broad SMARTS) is 1. The molecule has 2 N–H and O–H groups in total. The van der Waals surface area contributed by atoms with Gasteiger partial charge in [0.05, 0.1) is 5.25 Å². The topological polar surface area (TPSA) is 66.4 Å². The van der Waals surface area contributed by atoms with Crippen molar-refractivity contribution in [1.82, 2.24) is 5.32 Å². The summed E-state index contributed by atoms with van der Waals surface area (Å²) < 4.78 is 0. The highest BCUT2D eigenvalue weighted by molar-refractivity contribution is 7.99. The zero-order chi connectivity index (χ0) is 12.2. The van der Waals surface area contributed by atoms with E-state index in [-0.39, 0.29) is 17.1 Å². The Bertz CT molecular complexity index is 255. The normalized spacial score (nSPS) is 16.9. The number of rotatable bonds is 5. The van der Waals surface area contributed by atoms with Crippen molar-refractivity contribution >= 4 is 23.6 Å². The van der Waals surface area contributed by atoms with Gasteiger partial charge in [0.1, 0.15) is 5.54 Å². The number of hydrogen-bond donors (Lipinski definition) is 2. The van der Waals surface area contributed by atoms with Crippen molar-refractivity contribution in [3.63, 3.8) is 0 Å². The third-order valence-electron chi connectivity index (χ3n) is 2.70. The van der Waals surface area contributed by atoms with Crippen LogP contribution in [0.15, 0.2) is 0 Å². The van der Waals surface area contributed by atoms with E-state index in [1.54, 1.807) is 20.8 Å². The molecule has 0 spiro atoms. The lowest BCUT2D eigenvalue weighted by Crippen LogP contribution is -2.57. The Morgan fingerprint density at radius 1 is 1.33 bits per heavy atom. The highest BCUT2D eigenvalue weighted by Gasteiger charge is 2.38. The number of carboxylic acids is 1. The summed E-state index contributed by atoms with van der Waals surface area (Å²) in [5.41, 5.74) is -1.19. The van der Waals surface area contributed by atoms with Crippen LogP contribution in [0.4, 0.5) is 0 Å². The van der Waals surface area contributed by atoms with Crippen LogP contribution in [0.5, 0.6) is 0 Å². The number of hydrogen-bond acceptors (Lipinski definition) is 3. The number of amides is 1. The molecule has 0 aromatic carbocycles. The Morgan fingerprint density at radius 3 is 2.07 bits per heavy atom. The first-order chi connectivity index (χ1) is 6.75. The standard InChI is InChI=1S/C10H19NO3S/c1-6(2)10(4,9(13)14)11-8(12)7(3)15-5/h6-7H,1-5H3,(H,11,12)(H,13,14). The van der Waals surface area contributed by atoms with Crippen molar-refractivity contribution in [2.45, 2.75) is 38.5 Å². The van der Waals surface area contributed by atoms with Gasteiger partial charge >= 0.3 is 5.97 Å². The summed E-state index contributed by atoms with van der Waals surface area (Å²) in [5.74, 6) is -1.40. The molecular formula is C10H19NO3S. The van der Waals surface area contributed by atoms with Gasteiger partial charge in [0.15, 0.2) is 0 Å². The molecule has 0 rings (SSSR count). The molecular weight excluding hydrogens is 214 g/mol. The molecule has 0 fully saturated rings. The summed E-state index contributed by atoms with van der Waals surface area (Å²) in [4.78, 5) is 22.7. The van der Waals surface area contributed by atoms with Crippen LogP contribution in [0.1, 0.15) is 27.7 Å². The lowest BCUT2D eigenvalue weighted by molar-refractivity contribution is -0.148. The molecule has 1 amide bonds. The minimum atomic E-state index is -1.19. The van der Waals surface area contributed by atoms with Crippen LogP contribution in [-0.4, -0.2) is 34.0 Å². The van der Waals surface area contributed by atoms with E-state index in [9.17, 15) is 9.59 Å². The van der Waals surface area contributed by atoms with Crippen LogP contribution in [-0.2, 0) is 9.59 Å². The van der Waals surface area contributed by atoms with Crippen LogP contribution in [0.25, 0.3) is 0 Å². The number of thioether (sulfide) groups is 1. The molecule has 0 aliphatic heterocycles. The first-order valence-electron chi connectivity index (χ1n) is 4.84. The molecule has 0 aliphatic carbocycles. The molecule has 0 heterocycles. The third-order valence-corrected chi connectivity index (χ3v) is 3.63. The Balaban J connectivity index is 4.71. The molecule has 5 heteroatoms. The van der Waals surface area contributed by atoms with E-state index >= 15 is 0 Å². The fourth-order valence-corrected chi connectivity index (χ4v) is 1.18. The molecule has 0 aromatic heterocycles. The highest BCUT2D eigenvalue weighted by Crippen LogP contribution is 2.18. The van der Waals surface area contributed by atoms with Gasteiger partial charge in [0, 0.05) is 0 Å². The minimum Gasteiger partial charge on any atom is -0.480 e. The van der Waals surface area contributed by atoms with Crippen molar-refractivity contribution in [2.75, 3.05) is 6.26 Å². The third kappa shape index (κ3) is 3.41. The van der Waals surface area contributed by atoms with E-state index in [2.05, 4.69) is 5.32 Å². The second-order valence-corrected chi connectivity index (χ2v) is 5.21. The second kappa shape index (κ2) is 5.39. The Morgan fingerprint density at radius 2 is 1.80 bits per heavy atom. The average molecular weight is 233 g/mol. The van der Waals surface area contributed by atoms with Crippen molar-refractivity contribution < 1.29 is 14.7 Å². The largest absolute Gasteiger partial charge is 0.480 e. The van der Waals surface area contributed by atoms with Crippen molar-refractivity contribution in [2.24, 2.45) is 5.92 Å². The maximum absolute atomic E-state index is 11.6. The predicted octanol–water partition coefficient (Wildman–Crippen LogP) is 1.35. The number of nitrogens with one attached hydrogen (secondary N) is 1. The summed E-state index contributed by atoms with van der Waals surface area (Å²) in [6.45, 7) is 6.84. The van der Waals surface area contributed by atoms with Gasteiger partial charge in [-0.1, -0.05) is 13.8 Å². The minimum absolute atomic E-state index is 0.159. The van der Waals surface area contributed by atoms with Crippen molar-refractivity contribution in [3.05, 3.63) is 0 Å². The zero-order valence-corrected chi connectivity index (χ0v) is 10.6. The van der Waals surface area contributed by atoms with E-state index in [4.69, 9.17) is 5.11 Å². The average Bonchev–Trinajstić information content (AvgIpc) is 2.15. The quantitative estimate of drug-likeness (QED) is 0.752. The van der Waals surface area contributed by atoms with Gasteiger partial charge in [-0.2, -0.15) is 11.8 Å². The summed E-state index contributed by atoms with van der Waals surface area (Å²) >= 11 is 1.39. The monoisotopic (exact) mass is 233 g/mol. The fraction of sp³-hybridized carbons (Fsp3) is 0.800. The predicted molar refractivity (Wildman–Crippen MR) is 62.0 cm³/mol. The molecule has 2 atom stereocenters. The zero-order valence-electron chi connectivity index (χ0n) is 9.83. The smallest absolute Gasteiger partial charge is 0.329 e. The molecule has 88 valence electrons. The van der Waals surface area contributed by atoms with E-state index in [0.29, 0.717) is 0 Å². The molecule has 2 unspecified atom stereocenters. The number of carbonyl (C=O) groups is 2. The van der Waals surface area contributed by atoms with Gasteiger partial charge in [-0.05, 0) is 26.0 Å². The van der Waals surface area contributed by atoms with Crippen LogP contribution in [0.2, 0.25) is 0 Å². The Hall–Kier alpha value is -0.710. The summed E-state index contributed by atoms with van der Waals surface area (Å²) in [6.07, 6.45) is 1.82. The first-order valence-corrected chi connectivity index (χ1v) is 6.12. The van der Waals surface area contributed by atoms with Crippen LogP contribution >= 0.6 is 11.8 Å². The molecule has 0 aromatic rings. The number of aliphatic carboxylic acids is 1. The van der Waals surface area contributed by atoms with Gasteiger partial charge in [0.25, 0.3) is 0 Å². The lowest BCUT2D eigenvalue weighted by Gasteiger charge is -2.31. The van der Waals surface area contributed by atoms with Gasteiger partial charge in [-0.25, -0.2) is 4.79 Å². The van der Waals surface area contributed by atoms with E-state index in [1.807, 2.05) is 6.26 Å².